The van der Waals surface area contributed by atoms with Gasteiger partial charge in [-0.15, -0.1) is 0 Å². The van der Waals surface area contributed by atoms with Crippen LogP contribution in [-0.4, -0.2) is 35.7 Å². The summed E-state index contributed by atoms with van der Waals surface area (Å²) in [5, 5.41) is 12.2. The second-order valence-electron chi connectivity index (χ2n) is 3.79. The molecule has 4 nitrogen and oxygen atoms in total. The molecular formula is C12H14Cl2FNO3. The second kappa shape index (κ2) is 7.53. The number of carbonyl (C=O) groups is 1. The molecule has 0 aliphatic carbocycles. The zero-order valence-corrected chi connectivity index (χ0v) is 11.7. The second-order valence-corrected chi connectivity index (χ2v) is 4.88. The molecule has 0 aromatic heterocycles. The van der Waals surface area contributed by atoms with E-state index >= 15 is 0 Å². The Morgan fingerprint density at radius 3 is 2.42 bits per heavy atom. The lowest BCUT2D eigenvalue weighted by Gasteiger charge is -2.22. The number of benzene rings is 1. The fraction of sp³-hybridized carbons (Fsp3) is 0.417. The van der Waals surface area contributed by atoms with Crippen molar-refractivity contribution in [2.24, 2.45) is 0 Å². The summed E-state index contributed by atoms with van der Waals surface area (Å²) in [5.74, 6) is -0.142. The van der Waals surface area contributed by atoms with Gasteiger partial charge in [-0.05, 0) is 17.7 Å². The molecule has 19 heavy (non-hydrogen) atoms. The topological polar surface area (TPSA) is 58.6 Å². The van der Waals surface area contributed by atoms with Crippen LogP contribution in [0, 0.1) is 0 Å². The highest BCUT2D eigenvalue weighted by molar-refractivity contribution is 6.53. The number of halogens is 3. The van der Waals surface area contributed by atoms with Crippen LogP contribution in [0.15, 0.2) is 24.3 Å². The minimum Gasteiger partial charge on any atom is -0.497 e. The minimum absolute atomic E-state index is 0.449. The smallest absolute Gasteiger partial charge is 0.253 e. The number of hydrogen-bond acceptors (Lipinski definition) is 3. The molecule has 0 radical (unpaired) electrons. The van der Waals surface area contributed by atoms with Gasteiger partial charge in [0.25, 0.3) is 5.91 Å². The normalized spacial score (nSPS) is 14.0. The average Bonchev–Trinajstić information content (AvgIpc) is 2.43. The number of aliphatic hydroxyl groups is 1. The van der Waals surface area contributed by atoms with Crippen molar-refractivity contribution >= 4 is 29.1 Å². The van der Waals surface area contributed by atoms with E-state index in [1.54, 1.807) is 24.3 Å². The number of methoxy groups -OCH3 is 1. The van der Waals surface area contributed by atoms with Crippen molar-refractivity contribution in [3.8, 4) is 5.75 Å². The van der Waals surface area contributed by atoms with Gasteiger partial charge in [-0.3, -0.25) is 4.79 Å². The van der Waals surface area contributed by atoms with Crippen molar-refractivity contribution in [3.05, 3.63) is 29.8 Å². The van der Waals surface area contributed by atoms with Gasteiger partial charge in [0.15, 0.2) is 4.84 Å². The standard InChI is InChI=1S/C12H14Cl2FNO3/c1-19-8-4-2-7(3-5-8)10(17)9(6-15)16-12(18)11(13)14/h2-5,9-11,17H,6H2,1H3,(H,16,18). The van der Waals surface area contributed by atoms with E-state index in [0.29, 0.717) is 11.3 Å². The molecule has 0 saturated carbocycles. The fourth-order valence-corrected chi connectivity index (χ4v) is 1.61. The highest BCUT2D eigenvalue weighted by Crippen LogP contribution is 2.21. The first-order valence-electron chi connectivity index (χ1n) is 5.46. The van der Waals surface area contributed by atoms with Crippen LogP contribution in [0.1, 0.15) is 11.7 Å². The summed E-state index contributed by atoms with van der Waals surface area (Å²) >= 11 is 10.7. The molecule has 1 rings (SSSR count). The van der Waals surface area contributed by atoms with Crippen LogP contribution >= 0.6 is 23.2 Å². The summed E-state index contributed by atoms with van der Waals surface area (Å²) in [5.41, 5.74) is 0.449. The molecule has 106 valence electrons. The fourth-order valence-electron chi connectivity index (χ4n) is 1.48. The van der Waals surface area contributed by atoms with Gasteiger partial charge in [0.1, 0.15) is 18.5 Å². The van der Waals surface area contributed by atoms with Gasteiger partial charge < -0.3 is 15.2 Å². The SMILES string of the molecule is COc1ccc(C(O)C(CF)NC(=O)C(Cl)Cl)cc1. The molecule has 7 heteroatoms. The lowest BCUT2D eigenvalue weighted by molar-refractivity contribution is -0.121. The Kier molecular flexibility index (Phi) is 6.34. The van der Waals surface area contributed by atoms with Crippen LogP contribution in [-0.2, 0) is 4.79 Å². The number of ether oxygens (including phenoxy) is 1. The van der Waals surface area contributed by atoms with Crippen LogP contribution in [0.5, 0.6) is 5.75 Å². The van der Waals surface area contributed by atoms with E-state index in [-0.39, 0.29) is 0 Å². The summed E-state index contributed by atoms with van der Waals surface area (Å²) in [6.45, 7) is -0.945. The number of nitrogens with one attached hydrogen (secondary N) is 1. The molecule has 0 spiro atoms. The maximum absolute atomic E-state index is 12.9. The Morgan fingerprint density at radius 2 is 2.00 bits per heavy atom. The van der Waals surface area contributed by atoms with Crippen molar-refractivity contribution in [2.75, 3.05) is 13.8 Å². The van der Waals surface area contributed by atoms with E-state index in [1.165, 1.54) is 7.11 Å². The predicted molar refractivity (Wildman–Crippen MR) is 71.4 cm³/mol. The Labute approximate surface area is 120 Å². The summed E-state index contributed by atoms with van der Waals surface area (Å²) in [7, 11) is 1.51. The number of aliphatic hydroxyl groups excluding tert-OH is 1. The molecule has 0 fully saturated rings. The molecule has 1 aromatic rings. The van der Waals surface area contributed by atoms with Crippen LogP contribution in [0.2, 0.25) is 0 Å². The Morgan fingerprint density at radius 1 is 1.42 bits per heavy atom. The number of carbonyl (C=O) groups excluding carboxylic acids is 1. The van der Waals surface area contributed by atoms with E-state index in [2.05, 4.69) is 5.32 Å². The Hall–Kier alpha value is -1.04. The summed E-state index contributed by atoms with van der Waals surface area (Å²) in [4.78, 5) is 9.97. The zero-order chi connectivity index (χ0) is 14.4. The monoisotopic (exact) mass is 309 g/mol. The molecule has 0 aliphatic rings. The van der Waals surface area contributed by atoms with Crippen molar-refractivity contribution in [2.45, 2.75) is 17.0 Å². The quantitative estimate of drug-likeness (QED) is 0.790. The van der Waals surface area contributed by atoms with Crippen molar-refractivity contribution in [3.63, 3.8) is 0 Å². The van der Waals surface area contributed by atoms with Crippen molar-refractivity contribution in [1.29, 1.82) is 0 Å². The van der Waals surface area contributed by atoms with Gasteiger partial charge in [-0.2, -0.15) is 0 Å². The molecule has 0 aliphatic heterocycles. The first-order chi connectivity index (χ1) is 8.99. The number of hydrogen-bond donors (Lipinski definition) is 2. The third-order valence-electron chi connectivity index (χ3n) is 2.53. The lowest BCUT2D eigenvalue weighted by Crippen LogP contribution is -2.43. The molecule has 2 unspecified atom stereocenters. The Bertz CT molecular complexity index is 414. The molecule has 2 atom stereocenters. The van der Waals surface area contributed by atoms with Crippen molar-refractivity contribution in [1.82, 2.24) is 5.32 Å². The van der Waals surface area contributed by atoms with Gasteiger partial charge in [-0.1, -0.05) is 35.3 Å². The predicted octanol–water partition coefficient (Wildman–Crippen LogP) is 1.99. The maximum Gasteiger partial charge on any atom is 0.253 e. The first-order valence-corrected chi connectivity index (χ1v) is 6.33. The van der Waals surface area contributed by atoms with Gasteiger partial charge in [0.05, 0.1) is 13.2 Å². The van der Waals surface area contributed by atoms with Crippen LogP contribution in [0.25, 0.3) is 0 Å². The molecule has 0 saturated heterocycles. The van der Waals surface area contributed by atoms with Crippen LogP contribution in [0.4, 0.5) is 4.39 Å². The van der Waals surface area contributed by atoms with Gasteiger partial charge in [-0.25, -0.2) is 4.39 Å². The minimum atomic E-state index is -1.31. The highest BCUT2D eigenvalue weighted by Gasteiger charge is 2.25. The molecule has 1 aromatic carbocycles. The van der Waals surface area contributed by atoms with Crippen LogP contribution < -0.4 is 10.1 Å². The van der Waals surface area contributed by atoms with E-state index in [9.17, 15) is 14.3 Å². The number of amides is 1. The Balaban J connectivity index is 2.76. The maximum atomic E-state index is 12.9. The highest BCUT2D eigenvalue weighted by atomic mass is 35.5. The summed E-state index contributed by atoms with van der Waals surface area (Å²) < 4.78 is 17.8. The van der Waals surface area contributed by atoms with Crippen LogP contribution in [0.3, 0.4) is 0 Å². The molecule has 2 N–H and O–H groups in total. The summed E-state index contributed by atoms with van der Waals surface area (Å²) in [6, 6.07) is 5.30. The molecular weight excluding hydrogens is 296 g/mol. The van der Waals surface area contributed by atoms with E-state index in [0.717, 1.165) is 0 Å². The van der Waals surface area contributed by atoms with E-state index < -0.39 is 29.6 Å². The first kappa shape index (κ1) is 16.0. The van der Waals surface area contributed by atoms with E-state index in [4.69, 9.17) is 27.9 Å². The molecule has 0 bridgehead atoms. The zero-order valence-electron chi connectivity index (χ0n) is 10.1. The third-order valence-corrected chi connectivity index (χ3v) is 2.93. The molecule has 1 amide bonds. The number of alkyl halides is 3. The van der Waals surface area contributed by atoms with Crippen molar-refractivity contribution < 1.29 is 19.0 Å². The lowest BCUT2D eigenvalue weighted by atomic mass is 10.0. The van der Waals surface area contributed by atoms with E-state index in [1.807, 2.05) is 0 Å². The third kappa shape index (κ3) is 4.53. The van der Waals surface area contributed by atoms with Gasteiger partial charge in [0, 0.05) is 0 Å². The summed E-state index contributed by atoms with van der Waals surface area (Å²) in [6.07, 6.45) is -1.20. The number of rotatable bonds is 6. The van der Waals surface area contributed by atoms with Gasteiger partial charge >= 0.3 is 0 Å². The molecule has 0 heterocycles. The average molecular weight is 310 g/mol. The largest absolute Gasteiger partial charge is 0.497 e. The van der Waals surface area contributed by atoms with Gasteiger partial charge in [0.2, 0.25) is 0 Å².